The SMILES string of the molecule is Cc1ccc2nc(-c3ccc(NC(=O)C(C)Oc4ccc(F)cc4)cc3)sc2c1. The fraction of sp³-hybridized carbons (Fsp3) is 0.130. The molecule has 1 atom stereocenters. The maximum absolute atomic E-state index is 13.0. The van der Waals surface area contributed by atoms with Crippen molar-refractivity contribution in [2.45, 2.75) is 20.0 Å². The second-order valence-electron chi connectivity index (χ2n) is 6.77. The van der Waals surface area contributed by atoms with Gasteiger partial charge in [-0.05, 0) is 80.1 Å². The van der Waals surface area contributed by atoms with Crippen LogP contribution in [0.25, 0.3) is 20.8 Å². The Morgan fingerprint density at radius 2 is 1.79 bits per heavy atom. The average molecular weight is 406 g/mol. The van der Waals surface area contributed by atoms with Crippen LogP contribution in [0.2, 0.25) is 0 Å². The fourth-order valence-corrected chi connectivity index (χ4v) is 3.94. The average Bonchev–Trinajstić information content (AvgIpc) is 3.13. The standard InChI is InChI=1S/C23H19FN2O2S/c1-14-3-12-20-21(13-14)29-23(26-20)16-4-8-18(9-5-16)25-22(27)15(2)28-19-10-6-17(24)7-11-19/h3-13,15H,1-2H3,(H,25,27). The van der Waals surface area contributed by atoms with Gasteiger partial charge >= 0.3 is 0 Å². The summed E-state index contributed by atoms with van der Waals surface area (Å²) in [5.74, 6) is -0.189. The number of nitrogens with zero attached hydrogens (tertiary/aromatic N) is 1. The minimum atomic E-state index is -0.715. The lowest BCUT2D eigenvalue weighted by Crippen LogP contribution is -2.30. The van der Waals surface area contributed by atoms with E-state index in [1.165, 1.54) is 29.8 Å². The molecule has 0 saturated carbocycles. The van der Waals surface area contributed by atoms with Crippen molar-refractivity contribution in [1.29, 1.82) is 0 Å². The zero-order valence-corrected chi connectivity index (χ0v) is 16.8. The molecule has 0 aliphatic heterocycles. The number of benzene rings is 3. The van der Waals surface area contributed by atoms with E-state index in [0.29, 0.717) is 11.4 Å². The van der Waals surface area contributed by atoms with E-state index in [1.54, 1.807) is 18.3 Å². The van der Waals surface area contributed by atoms with Gasteiger partial charge in [-0.1, -0.05) is 6.07 Å². The van der Waals surface area contributed by atoms with E-state index in [9.17, 15) is 9.18 Å². The maximum atomic E-state index is 13.0. The highest BCUT2D eigenvalue weighted by molar-refractivity contribution is 7.21. The van der Waals surface area contributed by atoms with Gasteiger partial charge in [-0.2, -0.15) is 0 Å². The van der Waals surface area contributed by atoms with Crippen LogP contribution in [-0.4, -0.2) is 17.0 Å². The van der Waals surface area contributed by atoms with Crippen molar-refractivity contribution in [2.75, 3.05) is 5.32 Å². The Morgan fingerprint density at radius 1 is 1.07 bits per heavy atom. The van der Waals surface area contributed by atoms with Gasteiger partial charge in [0.05, 0.1) is 10.2 Å². The van der Waals surface area contributed by atoms with E-state index in [1.807, 2.05) is 30.3 Å². The molecule has 0 fully saturated rings. The van der Waals surface area contributed by atoms with Crippen molar-refractivity contribution in [3.05, 3.63) is 78.1 Å². The van der Waals surface area contributed by atoms with Gasteiger partial charge in [0.15, 0.2) is 6.10 Å². The highest BCUT2D eigenvalue weighted by Gasteiger charge is 2.15. The van der Waals surface area contributed by atoms with Crippen LogP contribution in [0.4, 0.5) is 10.1 Å². The Morgan fingerprint density at radius 3 is 2.52 bits per heavy atom. The molecule has 0 bridgehead atoms. The lowest BCUT2D eigenvalue weighted by Gasteiger charge is -2.14. The molecular weight excluding hydrogens is 387 g/mol. The number of ether oxygens (including phenoxy) is 1. The van der Waals surface area contributed by atoms with Crippen LogP contribution < -0.4 is 10.1 Å². The molecule has 1 heterocycles. The Kier molecular flexibility index (Phi) is 5.27. The number of thiazole rings is 1. The number of aryl methyl sites for hydroxylation is 1. The van der Waals surface area contributed by atoms with Crippen LogP contribution in [-0.2, 0) is 4.79 Å². The molecule has 1 aromatic heterocycles. The molecule has 0 aliphatic rings. The van der Waals surface area contributed by atoms with Crippen molar-refractivity contribution in [3.8, 4) is 16.3 Å². The first-order chi connectivity index (χ1) is 14.0. The first-order valence-electron chi connectivity index (χ1n) is 9.19. The smallest absolute Gasteiger partial charge is 0.265 e. The normalized spacial score (nSPS) is 12.0. The van der Waals surface area contributed by atoms with Crippen LogP contribution in [0.5, 0.6) is 5.75 Å². The van der Waals surface area contributed by atoms with Gasteiger partial charge in [-0.3, -0.25) is 4.79 Å². The topological polar surface area (TPSA) is 51.2 Å². The third-order valence-corrected chi connectivity index (χ3v) is 5.51. The number of hydrogen-bond acceptors (Lipinski definition) is 4. The number of fused-ring (bicyclic) bond motifs is 1. The van der Waals surface area contributed by atoms with Crippen LogP contribution >= 0.6 is 11.3 Å². The van der Waals surface area contributed by atoms with Crippen molar-refractivity contribution in [3.63, 3.8) is 0 Å². The molecule has 1 amide bonds. The highest BCUT2D eigenvalue weighted by Crippen LogP contribution is 2.31. The van der Waals surface area contributed by atoms with Crippen molar-refractivity contribution < 1.29 is 13.9 Å². The third kappa shape index (κ3) is 4.43. The number of hydrogen-bond donors (Lipinski definition) is 1. The van der Waals surface area contributed by atoms with Gasteiger partial charge < -0.3 is 10.1 Å². The fourth-order valence-electron chi connectivity index (χ4n) is 2.87. The Hall–Kier alpha value is -3.25. The Balaban J connectivity index is 1.43. The summed E-state index contributed by atoms with van der Waals surface area (Å²) in [4.78, 5) is 17.0. The van der Waals surface area contributed by atoms with E-state index in [2.05, 4.69) is 29.4 Å². The van der Waals surface area contributed by atoms with Crippen molar-refractivity contribution >= 4 is 33.1 Å². The number of carbonyl (C=O) groups is 1. The maximum Gasteiger partial charge on any atom is 0.265 e. The summed E-state index contributed by atoms with van der Waals surface area (Å²) >= 11 is 1.65. The molecular formula is C23H19FN2O2S. The van der Waals surface area contributed by atoms with E-state index in [0.717, 1.165) is 20.8 Å². The van der Waals surface area contributed by atoms with Crippen molar-refractivity contribution in [2.24, 2.45) is 0 Å². The molecule has 0 radical (unpaired) electrons. The van der Waals surface area contributed by atoms with Gasteiger partial charge in [-0.15, -0.1) is 11.3 Å². The number of nitrogens with one attached hydrogen (secondary N) is 1. The summed E-state index contributed by atoms with van der Waals surface area (Å²) in [6.07, 6.45) is -0.715. The molecule has 1 N–H and O–H groups in total. The molecule has 0 aliphatic carbocycles. The number of anilines is 1. The summed E-state index contributed by atoms with van der Waals surface area (Å²) < 4.78 is 19.7. The van der Waals surface area contributed by atoms with Crippen molar-refractivity contribution in [1.82, 2.24) is 4.98 Å². The molecule has 1 unspecified atom stereocenters. The number of aromatic nitrogens is 1. The van der Waals surface area contributed by atoms with E-state index in [4.69, 9.17) is 4.74 Å². The van der Waals surface area contributed by atoms with Gasteiger partial charge in [0.2, 0.25) is 0 Å². The lowest BCUT2D eigenvalue weighted by molar-refractivity contribution is -0.122. The van der Waals surface area contributed by atoms with Crippen LogP contribution in [0.3, 0.4) is 0 Å². The molecule has 3 aromatic carbocycles. The molecule has 4 aromatic rings. The summed E-state index contributed by atoms with van der Waals surface area (Å²) in [6.45, 7) is 3.72. The van der Waals surface area contributed by atoms with Gasteiger partial charge in [0, 0.05) is 11.3 Å². The third-order valence-electron chi connectivity index (χ3n) is 4.44. The van der Waals surface area contributed by atoms with Gasteiger partial charge in [-0.25, -0.2) is 9.37 Å². The second-order valence-corrected chi connectivity index (χ2v) is 7.80. The summed E-state index contributed by atoms with van der Waals surface area (Å²) in [5.41, 5.74) is 3.87. The predicted octanol–water partition coefficient (Wildman–Crippen LogP) is 5.82. The number of halogens is 1. The van der Waals surface area contributed by atoms with E-state index in [-0.39, 0.29) is 11.7 Å². The van der Waals surface area contributed by atoms with E-state index >= 15 is 0 Å². The van der Waals surface area contributed by atoms with Crippen LogP contribution in [0.15, 0.2) is 66.7 Å². The van der Waals surface area contributed by atoms with Crippen LogP contribution in [0, 0.1) is 12.7 Å². The minimum absolute atomic E-state index is 0.280. The molecule has 29 heavy (non-hydrogen) atoms. The number of amides is 1. The lowest BCUT2D eigenvalue weighted by atomic mass is 10.2. The monoisotopic (exact) mass is 406 g/mol. The molecule has 0 spiro atoms. The first kappa shape index (κ1) is 19.1. The zero-order valence-electron chi connectivity index (χ0n) is 16.0. The summed E-state index contributed by atoms with van der Waals surface area (Å²) in [5, 5.41) is 3.77. The molecule has 146 valence electrons. The predicted molar refractivity (Wildman–Crippen MR) is 115 cm³/mol. The molecule has 4 rings (SSSR count). The van der Waals surface area contributed by atoms with E-state index < -0.39 is 6.10 Å². The number of rotatable bonds is 5. The minimum Gasteiger partial charge on any atom is -0.481 e. The summed E-state index contributed by atoms with van der Waals surface area (Å²) in [6, 6.07) is 19.3. The Bertz CT molecular complexity index is 1150. The first-order valence-corrected chi connectivity index (χ1v) is 10.0. The summed E-state index contributed by atoms with van der Waals surface area (Å²) in [7, 11) is 0. The van der Waals surface area contributed by atoms with Gasteiger partial charge in [0.1, 0.15) is 16.6 Å². The number of carbonyl (C=O) groups excluding carboxylic acids is 1. The molecule has 4 nitrogen and oxygen atoms in total. The quantitative estimate of drug-likeness (QED) is 0.455. The molecule has 6 heteroatoms. The zero-order chi connectivity index (χ0) is 20.4. The van der Waals surface area contributed by atoms with Gasteiger partial charge in [0.25, 0.3) is 5.91 Å². The highest BCUT2D eigenvalue weighted by atomic mass is 32.1. The second kappa shape index (κ2) is 8.01. The Labute approximate surface area is 172 Å². The molecule has 0 saturated heterocycles. The largest absolute Gasteiger partial charge is 0.481 e. The van der Waals surface area contributed by atoms with Crippen LogP contribution in [0.1, 0.15) is 12.5 Å².